The van der Waals surface area contributed by atoms with Crippen molar-refractivity contribution in [2.45, 2.75) is 18.8 Å². The molecule has 1 saturated heterocycles. The predicted octanol–water partition coefficient (Wildman–Crippen LogP) is 1.40. The van der Waals surface area contributed by atoms with Crippen LogP contribution in [0.4, 0.5) is 4.39 Å². The van der Waals surface area contributed by atoms with Gasteiger partial charge in [-0.05, 0) is 29.8 Å². The third kappa shape index (κ3) is 2.91. The summed E-state index contributed by atoms with van der Waals surface area (Å²) < 4.78 is 20.5. The lowest BCUT2D eigenvalue weighted by Gasteiger charge is -2.18. The molecule has 1 aliphatic heterocycles. The normalized spacial score (nSPS) is 22.6. The van der Waals surface area contributed by atoms with E-state index in [0.717, 1.165) is 17.0 Å². The summed E-state index contributed by atoms with van der Waals surface area (Å²) in [6, 6.07) is 7.58. The third-order valence-electron chi connectivity index (χ3n) is 3.73. The van der Waals surface area contributed by atoms with E-state index in [1.165, 1.54) is 0 Å². The van der Waals surface area contributed by atoms with E-state index in [9.17, 15) is 9.50 Å². The van der Waals surface area contributed by atoms with Crippen LogP contribution in [0.3, 0.4) is 0 Å². The maximum atomic E-state index is 13.5. The van der Waals surface area contributed by atoms with E-state index < -0.39 is 12.3 Å². The number of hydrogen-bond donors (Lipinski definition) is 1. The van der Waals surface area contributed by atoms with E-state index in [4.69, 9.17) is 4.74 Å². The zero-order valence-electron chi connectivity index (χ0n) is 11.8. The van der Waals surface area contributed by atoms with E-state index in [1.54, 1.807) is 18.0 Å². The summed E-state index contributed by atoms with van der Waals surface area (Å²) >= 11 is 0. The van der Waals surface area contributed by atoms with Crippen molar-refractivity contribution in [3.05, 3.63) is 42.2 Å². The summed E-state index contributed by atoms with van der Waals surface area (Å²) in [5.74, 6) is 0.748. The topological polar surface area (TPSA) is 50.5 Å². The van der Waals surface area contributed by atoms with Crippen molar-refractivity contribution in [2.75, 3.05) is 20.2 Å². The van der Waals surface area contributed by atoms with Crippen LogP contribution in [0.1, 0.15) is 5.56 Å². The van der Waals surface area contributed by atoms with E-state index in [2.05, 4.69) is 5.10 Å². The number of ether oxygens (including phenoxy) is 1. The van der Waals surface area contributed by atoms with E-state index in [-0.39, 0.29) is 6.54 Å². The minimum atomic E-state index is -1.18. The van der Waals surface area contributed by atoms with Gasteiger partial charge in [0, 0.05) is 32.0 Å². The zero-order valence-corrected chi connectivity index (χ0v) is 11.8. The Morgan fingerprint density at radius 2 is 2.29 bits per heavy atom. The summed E-state index contributed by atoms with van der Waals surface area (Å²) in [6.07, 6.45) is 1.50. The molecule has 1 aliphatic rings. The van der Waals surface area contributed by atoms with Gasteiger partial charge in [-0.2, -0.15) is 5.10 Å². The van der Waals surface area contributed by atoms with Gasteiger partial charge in [0.1, 0.15) is 11.9 Å². The molecule has 0 spiro atoms. The number of halogens is 1. The lowest BCUT2D eigenvalue weighted by atomic mass is 10.1. The highest BCUT2D eigenvalue weighted by molar-refractivity contribution is 5.45. The van der Waals surface area contributed by atoms with Gasteiger partial charge >= 0.3 is 0 Å². The fraction of sp³-hybridized carbons (Fsp3) is 0.400. The lowest BCUT2D eigenvalue weighted by Crippen LogP contribution is -2.22. The molecule has 2 atom stereocenters. The van der Waals surface area contributed by atoms with Gasteiger partial charge in [-0.15, -0.1) is 0 Å². The molecule has 0 saturated carbocycles. The van der Waals surface area contributed by atoms with Crippen LogP contribution in [-0.4, -0.2) is 52.3 Å². The SMILES string of the molecule is COc1ccc(-n2cccn2)c(CN2C[C@@H](O)[C@H](F)C2)c1. The molecule has 1 N–H and O–H groups in total. The second-order valence-corrected chi connectivity index (χ2v) is 5.22. The quantitative estimate of drug-likeness (QED) is 0.925. The van der Waals surface area contributed by atoms with Gasteiger partial charge in [-0.25, -0.2) is 9.07 Å². The van der Waals surface area contributed by atoms with E-state index in [1.807, 2.05) is 35.4 Å². The van der Waals surface area contributed by atoms with Crippen LogP contribution in [0, 0.1) is 0 Å². The molecule has 3 rings (SSSR count). The Labute approximate surface area is 122 Å². The molecule has 1 fully saturated rings. The van der Waals surface area contributed by atoms with Gasteiger partial charge < -0.3 is 9.84 Å². The zero-order chi connectivity index (χ0) is 14.8. The summed E-state index contributed by atoms with van der Waals surface area (Å²) in [5.41, 5.74) is 1.91. The molecule has 2 aromatic rings. The Morgan fingerprint density at radius 3 is 2.90 bits per heavy atom. The molecule has 1 aromatic heterocycles. The van der Waals surface area contributed by atoms with Crippen LogP contribution in [-0.2, 0) is 6.54 Å². The first-order valence-electron chi connectivity index (χ1n) is 6.89. The maximum absolute atomic E-state index is 13.5. The molecule has 112 valence electrons. The Balaban J connectivity index is 1.88. The molecule has 0 unspecified atom stereocenters. The van der Waals surface area contributed by atoms with Gasteiger partial charge in [-0.3, -0.25) is 4.90 Å². The molecule has 0 radical (unpaired) electrons. The first kappa shape index (κ1) is 14.0. The van der Waals surface area contributed by atoms with Crippen molar-refractivity contribution in [1.29, 1.82) is 0 Å². The first-order valence-corrected chi connectivity index (χ1v) is 6.89. The largest absolute Gasteiger partial charge is 0.497 e. The van der Waals surface area contributed by atoms with E-state index in [0.29, 0.717) is 13.1 Å². The standard InChI is InChI=1S/C15H18FN3O2/c1-21-12-3-4-14(19-6-2-5-17-19)11(7-12)8-18-9-13(16)15(20)10-18/h2-7,13,15,20H,8-10H2,1H3/t13-,15-/m1/s1. The average Bonchev–Trinajstić information content (AvgIpc) is 3.10. The number of benzene rings is 1. The number of β-amino-alcohol motifs (C(OH)–C–C–N with tert-alkyl or cyclic N) is 1. The molecule has 6 heteroatoms. The Kier molecular flexibility index (Phi) is 3.90. The van der Waals surface area contributed by atoms with Crippen LogP contribution in [0.25, 0.3) is 5.69 Å². The minimum Gasteiger partial charge on any atom is -0.497 e. The Bertz CT molecular complexity index is 593. The summed E-state index contributed by atoms with van der Waals surface area (Å²) in [6.45, 7) is 1.14. The van der Waals surface area contributed by atoms with Gasteiger partial charge in [0.25, 0.3) is 0 Å². The van der Waals surface area contributed by atoms with Crippen LogP contribution >= 0.6 is 0 Å². The van der Waals surface area contributed by atoms with Crippen molar-refractivity contribution >= 4 is 0 Å². The summed E-state index contributed by atoms with van der Waals surface area (Å²) in [5, 5.41) is 13.8. The fourth-order valence-corrected chi connectivity index (χ4v) is 2.64. The third-order valence-corrected chi connectivity index (χ3v) is 3.73. The minimum absolute atomic E-state index is 0.247. The smallest absolute Gasteiger partial charge is 0.140 e. The molecule has 21 heavy (non-hydrogen) atoms. The molecular weight excluding hydrogens is 273 g/mol. The van der Waals surface area contributed by atoms with Gasteiger partial charge in [0.2, 0.25) is 0 Å². The number of aliphatic hydroxyl groups is 1. The second kappa shape index (κ2) is 5.83. The number of alkyl halides is 1. The van der Waals surface area contributed by atoms with Crippen LogP contribution in [0.5, 0.6) is 5.75 Å². The van der Waals surface area contributed by atoms with Crippen molar-refractivity contribution in [3.63, 3.8) is 0 Å². The predicted molar refractivity (Wildman–Crippen MR) is 76.3 cm³/mol. The van der Waals surface area contributed by atoms with Crippen LogP contribution < -0.4 is 4.74 Å². The summed E-state index contributed by atoms with van der Waals surface area (Å²) in [4.78, 5) is 1.90. The molecule has 2 heterocycles. The lowest BCUT2D eigenvalue weighted by molar-refractivity contribution is 0.115. The van der Waals surface area contributed by atoms with Crippen LogP contribution in [0.15, 0.2) is 36.7 Å². The highest BCUT2D eigenvalue weighted by Crippen LogP contribution is 2.24. The fourth-order valence-electron chi connectivity index (χ4n) is 2.64. The van der Waals surface area contributed by atoms with Gasteiger partial charge in [0.05, 0.1) is 18.9 Å². The second-order valence-electron chi connectivity index (χ2n) is 5.22. The molecule has 0 aliphatic carbocycles. The van der Waals surface area contributed by atoms with Crippen molar-refractivity contribution < 1.29 is 14.2 Å². The molecule has 1 aromatic carbocycles. The number of methoxy groups -OCH3 is 1. The maximum Gasteiger partial charge on any atom is 0.140 e. The van der Waals surface area contributed by atoms with Gasteiger partial charge in [-0.1, -0.05) is 0 Å². The number of aromatic nitrogens is 2. The van der Waals surface area contributed by atoms with Crippen LogP contribution in [0.2, 0.25) is 0 Å². The number of likely N-dealkylation sites (tertiary alicyclic amines) is 1. The van der Waals surface area contributed by atoms with E-state index >= 15 is 0 Å². The number of rotatable bonds is 4. The Hall–Kier alpha value is -1.92. The highest BCUT2D eigenvalue weighted by Gasteiger charge is 2.31. The number of nitrogens with zero attached hydrogens (tertiary/aromatic N) is 3. The number of hydrogen-bond acceptors (Lipinski definition) is 4. The summed E-state index contributed by atoms with van der Waals surface area (Å²) in [7, 11) is 1.61. The van der Waals surface area contributed by atoms with Crippen molar-refractivity contribution in [1.82, 2.24) is 14.7 Å². The monoisotopic (exact) mass is 291 g/mol. The highest BCUT2D eigenvalue weighted by atomic mass is 19.1. The van der Waals surface area contributed by atoms with Gasteiger partial charge in [0.15, 0.2) is 0 Å². The number of aliphatic hydroxyl groups excluding tert-OH is 1. The average molecular weight is 291 g/mol. The Morgan fingerprint density at radius 1 is 1.43 bits per heavy atom. The van der Waals surface area contributed by atoms with Crippen molar-refractivity contribution in [2.24, 2.45) is 0 Å². The molecule has 0 amide bonds. The van der Waals surface area contributed by atoms with Crippen molar-refractivity contribution in [3.8, 4) is 11.4 Å². The first-order chi connectivity index (χ1) is 10.2. The molecule has 0 bridgehead atoms. The molecular formula is C15H18FN3O2. The molecule has 5 nitrogen and oxygen atoms in total.